The minimum Gasteiger partial charge on any atom is -0.496 e. The number of aryl methyl sites for hydroxylation is 1. The maximum absolute atomic E-state index is 6.31. The molecule has 0 amide bonds. The lowest BCUT2D eigenvalue weighted by molar-refractivity contribution is 0.404. The van der Waals surface area contributed by atoms with E-state index in [-0.39, 0.29) is 6.04 Å². The highest BCUT2D eigenvalue weighted by molar-refractivity contribution is 9.10. The molecule has 0 saturated heterocycles. The van der Waals surface area contributed by atoms with Gasteiger partial charge in [-0.25, -0.2) is 0 Å². The van der Waals surface area contributed by atoms with Crippen molar-refractivity contribution in [3.63, 3.8) is 0 Å². The van der Waals surface area contributed by atoms with E-state index < -0.39 is 0 Å². The Bertz CT molecular complexity index is 549. The molecule has 0 aliphatic heterocycles. The molecule has 3 nitrogen and oxygen atoms in total. The van der Waals surface area contributed by atoms with Gasteiger partial charge in [-0.3, -0.25) is 0 Å². The Morgan fingerprint density at radius 3 is 2.67 bits per heavy atom. The normalized spacial score (nSPS) is 12.5. The highest BCUT2D eigenvalue weighted by atomic mass is 79.9. The number of hydrogen-bond donors (Lipinski definition) is 1. The van der Waals surface area contributed by atoms with E-state index >= 15 is 0 Å². The van der Waals surface area contributed by atoms with Crippen LogP contribution in [0.3, 0.4) is 0 Å². The predicted molar refractivity (Wildman–Crippen MR) is 74.9 cm³/mol. The maximum atomic E-state index is 6.31. The number of hydrogen-bond acceptors (Lipinski definition) is 3. The van der Waals surface area contributed by atoms with Crippen LogP contribution in [0.4, 0.5) is 0 Å². The van der Waals surface area contributed by atoms with Crippen molar-refractivity contribution in [2.45, 2.75) is 19.9 Å². The van der Waals surface area contributed by atoms with E-state index in [1.54, 1.807) is 19.6 Å². The number of furan rings is 1. The van der Waals surface area contributed by atoms with Crippen molar-refractivity contribution in [2.75, 3.05) is 7.11 Å². The van der Waals surface area contributed by atoms with Crippen LogP contribution in [-0.2, 0) is 0 Å². The monoisotopic (exact) mass is 309 g/mol. The summed E-state index contributed by atoms with van der Waals surface area (Å²) in [5.41, 5.74) is 10.4. The van der Waals surface area contributed by atoms with E-state index in [2.05, 4.69) is 15.9 Å². The van der Waals surface area contributed by atoms with Gasteiger partial charge in [0.25, 0.3) is 0 Å². The third-order valence-electron chi connectivity index (χ3n) is 3.13. The molecule has 1 atom stereocenters. The van der Waals surface area contributed by atoms with Crippen LogP contribution in [0.25, 0.3) is 0 Å². The molecule has 2 N–H and O–H groups in total. The summed E-state index contributed by atoms with van der Waals surface area (Å²) in [7, 11) is 1.67. The third-order valence-corrected chi connectivity index (χ3v) is 3.95. The standard InChI is InChI=1S/C14H16BrNO2/c1-8-6-11(15)9(2)12(14(8)17-3)13(16)10-4-5-18-7-10/h4-7,13H,16H2,1-3H3. The van der Waals surface area contributed by atoms with E-state index in [9.17, 15) is 0 Å². The number of methoxy groups -OCH3 is 1. The fourth-order valence-corrected chi connectivity index (χ4v) is 2.70. The molecule has 2 rings (SSSR count). The molecule has 1 heterocycles. The van der Waals surface area contributed by atoms with Gasteiger partial charge in [0.05, 0.1) is 25.7 Å². The van der Waals surface area contributed by atoms with Gasteiger partial charge in [0.1, 0.15) is 5.75 Å². The molecule has 0 bridgehead atoms. The van der Waals surface area contributed by atoms with E-state index in [0.717, 1.165) is 32.5 Å². The highest BCUT2D eigenvalue weighted by Gasteiger charge is 2.21. The Labute approximate surface area is 115 Å². The first kappa shape index (κ1) is 13.2. The molecule has 96 valence electrons. The van der Waals surface area contributed by atoms with Crippen molar-refractivity contribution in [3.8, 4) is 5.75 Å². The molecule has 0 fully saturated rings. The summed E-state index contributed by atoms with van der Waals surface area (Å²) in [5.74, 6) is 0.837. The summed E-state index contributed by atoms with van der Waals surface area (Å²) in [6.45, 7) is 4.04. The molecule has 1 aromatic heterocycles. The lowest BCUT2D eigenvalue weighted by Gasteiger charge is -2.20. The Balaban J connectivity index is 2.62. The maximum Gasteiger partial charge on any atom is 0.127 e. The largest absolute Gasteiger partial charge is 0.496 e. The smallest absolute Gasteiger partial charge is 0.127 e. The first-order valence-electron chi connectivity index (χ1n) is 5.67. The second-order valence-corrected chi connectivity index (χ2v) is 5.14. The summed E-state index contributed by atoms with van der Waals surface area (Å²) in [5, 5.41) is 0. The van der Waals surface area contributed by atoms with E-state index in [1.165, 1.54) is 0 Å². The summed E-state index contributed by atoms with van der Waals surface area (Å²) < 4.78 is 11.6. The molecule has 0 radical (unpaired) electrons. The van der Waals surface area contributed by atoms with E-state index in [4.69, 9.17) is 14.9 Å². The van der Waals surface area contributed by atoms with Gasteiger partial charge in [-0.15, -0.1) is 0 Å². The fraction of sp³-hybridized carbons (Fsp3) is 0.286. The molecule has 2 aromatic rings. The Hall–Kier alpha value is -1.26. The molecule has 4 heteroatoms. The second-order valence-electron chi connectivity index (χ2n) is 4.28. The van der Waals surface area contributed by atoms with Gasteiger partial charge in [-0.05, 0) is 37.1 Å². The Kier molecular flexibility index (Phi) is 3.78. The van der Waals surface area contributed by atoms with Gasteiger partial charge in [0.15, 0.2) is 0 Å². The van der Waals surface area contributed by atoms with Crippen LogP contribution in [0.5, 0.6) is 5.75 Å². The van der Waals surface area contributed by atoms with Crippen molar-refractivity contribution in [2.24, 2.45) is 5.73 Å². The topological polar surface area (TPSA) is 48.4 Å². The van der Waals surface area contributed by atoms with Crippen LogP contribution in [0.1, 0.15) is 28.3 Å². The van der Waals surface area contributed by atoms with Crippen molar-refractivity contribution in [1.29, 1.82) is 0 Å². The highest BCUT2D eigenvalue weighted by Crippen LogP contribution is 2.37. The van der Waals surface area contributed by atoms with Crippen LogP contribution >= 0.6 is 15.9 Å². The average Bonchev–Trinajstić information content (AvgIpc) is 2.86. The summed E-state index contributed by atoms with van der Waals surface area (Å²) in [6, 6.07) is 3.66. The molecule has 1 unspecified atom stereocenters. The number of benzene rings is 1. The second kappa shape index (κ2) is 5.16. The van der Waals surface area contributed by atoms with E-state index in [0.29, 0.717) is 0 Å². The Morgan fingerprint density at radius 1 is 1.39 bits per heavy atom. The number of halogens is 1. The molecule has 0 saturated carbocycles. The van der Waals surface area contributed by atoms with Crippen LogP contribution in [0.15, 0.2) is 33.5 Å². The molecule has 0 spiro atoms. The van der Waals surface area contributed by atoms with Gasteiger partial charge >= 0.3 is 0 Å². The Morgan fingerprint density at radius 2 is 2.11 bits per heavy atom. The van der Waals surface area contributed by atoms with Crippen LogP contribution in [0, 0.1) is 13.8 Å². The van der Waals surface area contributed by atoms with Crippen molar-refractivity contribution < 1.29 is 9.15 Å². The molecule has 18 heavy (non-hydrogen) atoms. The lowest BCUT2D eigenvalue weighted by atomic mass is 9.94. The zero-order chi connectivity index (χ0) is 13.3. The molecular weight excluding hydrogens is 294 g/mol. The van der Waals surface area contributed by atoms with Gasteiger partial charge < -0.3 is 14.9 Å². The lowest BCUT2D eigenvalue weighted by Crippen LogP contribution is -2.15. The van der Waals surface area contributed by atoms with Gasteiger partial charge in [-0.1, -0.05) is 15.9 Å². The minimum absolute atomic E-state index is 0.255. The third kappa shape index (κ3) is 2.18. The quantitative estimate of drug-likeness (QED) is 0.940. The first-order chi connectivity index (χ1) is 8.56. The zero-order valence-corrected chi connectivity index (χ0v) is 12.2. The van der Waals surface area contributed by atoms with Crippen molar-refractivity contribution >= 4 is 15.9 Å². The predicted octanol–water partition coefficient (Wildman–Crippen LogP) is 3.72. The number of rotatable bonds is 3. The van der Waals surface area contributed by atoms with Gasteiger partial charge in [-0.2, -0.15) is 0 Å². The summed E-state index contributed by atoms with van der Waals surface area (Å²) in [4.78, 5) is 0. The first-order valence-corrected chi connectivity index (χ1v) is 6.46. The van der Waals surface area contributed by atoms with Crippen molar-refractivity contribution in [3.05, 3.63) is 51.4 Å². The fourth-order valence-electron chi connectivity index (χ4n) is 2.14. The van der Waals surface area contributed by atoms with Crippen LogP contribution < -0.4 is 10.5 Å². The van der Waals surface area contributed by atoms with Crippen LogP contribution in [-0.4, -0.2) is 7.11 Å². The number of nitrogens with two attached hydrogens (primary N) is 1. The minimum atomic E-state index is -0.255. The summed E-state index contributed by atoms with van der Waals surface area (Å²) >= 11 is 3.56. The van der Waals surface area contributed by atoms with Crippen LogP contribution in [0.2, 0.25) is 0 Å². The summed E-state index contributed by atoms with van der Waals surface area (Å²) in [6.07, 6.45) is 3.29. The van der Waals surface area contributed by atoms with Gasteiger partial charge in [0.2, 0.25) is 0 Å². The molecular formula is C14H16BrNO2. The molecule has 0 aliphatic carbocycles. The SMILES string of the molecule is COc1c(C)cc(Br)c(C)c1C(N)c1ccoc1. The van der Waals surface area contributed by atoms with Gasteiger partial charge in [0, 0.05) is 15.6 Å². The van der Waals surface area contributed by atoms with E-state index in [1.807, 2.05) is 26.0 Å². The number of ether oxygens (including phenoxy) is 1. The molecule has 1 aromatic carbocycles. The zero-order valence-electron chi connectivity index (χ0n) is 10.7. The van der Waals surface area contributed by atoms with Crippen molar-refractivity contribution in [1.82, 2.24) is 0 Å². The molecule has 0 aliphatic rings. The average molecular weight is 310 g/mol.